The average Bonchev–Trinajstić information content (AvgIpc) is 3.02. The van der Waals surface area contributed by atoms with Crippen molar-refractivity contribution in [3.8, 4) is 11.4 Å². The summed E-state index contributed by atoms with van der Waals surface area (Å²) in [4.78, 5) is 15.8. The van der Waals surface area contributed by atoms with Gasteiger partial charge in [0.05, 0.1) is 11.3 Å². The highest BCUT2D eigenvalue weighted by Gasteiger charge is 2.13. The number of carbonyl (C=O) groups excluding carboxylic acids is 1. The van der Waals surface area contributed by atoms with Crippen LogP contribution in [0.2, 0.25) is 5.15 Å². The van der Waals surface area contributed by atoms with Crippen LogP contribution in [0, 0.1) is 0 Å². The summed E-state index contributed by atoms with van der Waals surface area (Å²) in [5.41, 5.74) is 1.11. The van der Waals surface area contributed by atoms with Crippen LogP contribution < -0.4 is 4.74 Å². The van der Waals surface area contributed by atoms with Crippen LogP contribution in [0.3, 0.4) is 0 Å². The van der Waals surface area contributed by atoms with Crippen molar-refractivity contribution < 1.29 is 9.53 Å². The van der Waals surface area contributed by atoms with E-state index in [2.05, 4.69) is 10.1 Å². The molecular formula is C15H10ClN3O2. The van der Waals surface area contributed by atoms with Crippen LogP contribution in [0.1, 0.15) is 10.4 Å². The summed E-state index contributed by atoms with van der Waals surface area (Å²) in [6.07, 6.45) is 5.03. The van der Waals surface area contributed by atoms with E-state index in [0.717, 1.165) is 5.69 Å². The molecule has 3 rings (SSSR count). The Balaban J connectivity index is 1.77. The van der Waals surface area contributed by atoms with Crippen LogP contribution in [0.5, 0.6) is 5.75 Å². The Morgan fingerprint density at radius 3 is 2.57 bits per heavy atom. The number of pyridine rings is 1. The number of hydrogen-bond donors (Lipinski definition) is 0. The molecule has 21 heavy (non-hydrogen) atoms. The van der Waals surface area contributed by atoms with Gasteiger partial charge < -0.3 is 4.74 Å². The summed E-state index contributed by atoms with van der Waals surface area (Å²) in [5, 5.41) is 4.24. The Labute approximate surface area is 125 Å². The summed E-state index contributed by atoms with van der Waals surface area (Å²) in [5.74, 6) is -0.115. The minimum atomic E-state index is -0.542. The first-order valence-electron chi connectivity index (χ1n) is 6.17. The number of nitrogens with zero attached hydrogens (tertiary/aromatic N) is 3. The fraction of sp³-hybridized carbons (Fsp3) is 0. The van der Waals surface area contributed by atoms with Gasteiger partial charge >= 0.3 is 5.97 Å². The summed E-state index contributed by atoms with van der Waals surface area (Å²) in [6, 6.07) is 12.0. The highest BCUT2D eigenvalue weighted by Crippen LogP contribution is 2.18. The van der Waals surface area contributed by atoms with Crippen LogP contribution in [0.25, 0.3) is 5.69 Å². The van der Waals surface area contributed by atoms with Crippen LogP contribution >= 0.6 is 11.6 Å². The summed E-state index contributed by atoms with van der Waals surface area (Å²) in [6.45, 7) is 0. The maximum Gasteiger partial charge on any atom is 0.346 e. The second-order valence-corrected chi connectivity index (χ2v) is 4.53. The molecule has 0 atom stereocenters. The molecule has 0 radical (unpaired) electrons. The molecule has 3 aromatic rings. The van der Waals surface area contributed by atoms with Crippen molar-refractivity contribution >= 4 is 17.6 Å². The lowest BCUT2D eigenvalue weighted by Gasteiger charge is -2.06. The van der Waals surface area contributed by atoms with E-state index in [0.29, 0.717) is 5.75 Å². The third kappa shape index (κ3) is 2.93. The average molecular weight is 300 g/mol. The number of benzene rings is 1. The first-order chi connectivity index (χ1) is 10.2. The summed E-state index contributed by atoms with van der Waals surface area (Å²) in [7, 11) is 0. The van der Waals surface area contributed by atoms with E-state index < -0.39 is 5.97 Å². The van der Waals surface area contributed by atoms with Gasteiger partial charge in [-0.05, 0) is 42.5 Å². The van der Waals surface area contributed by atoms with E-state index in [1.54, 1.807) is 47.3 Å². The molecule has 0 saturated heterocycles. The summed E-state index contributed by atoms with van der Waals surface area (Å²) >= 11 is 5.85. The van der Waals surface area contributed by atoms with E-state index in [1.807, 2.05) is 12.3 Å². The number of carbonyl (C=O) groups is 1. The zero-order valence-corrected chi connectivity index (χ0v) is 11.6. The molecule has 0 saturated carbocycles. The van der Waals surface area contributed by atoms with Gasteiger partial charge in [-0.2, -0.15) is 5.10 Å². The number of ether oxygens (including phenoxy) is 1. The maximum absolute atomic E-state index is 12.0. The van der Waals surface area contributed by atoms with Crippen LogP contribution in [-0.2, 0) is 0 Å². The van der Waals surface area contributed by atoms with Gasteiger partial charge in [0.15, 0.2) is 0 Å². The van der Waals surface area contributed by atoms with Crippen molar-refractivity contribution in [2.75, 3.05) is 0 Å². The monoisotopic (exact) mass is 299 g/mol. The van der Waals surface area contributed by atoms with Crippen molar-refractivity contribution in [1.82, 2.24) is 14.8 Å². The first-order valence-corrected chi connectivity index (χ1v) is 6.54. The zero-order chi connectivity index (χ0) is 14.7. The lowest BCUT2D eigenvalue weighted by molar-refractivity contribution is 0.0734. The smallest absolute Gasteiger partial charge is 0.346 e. The van der Waals surface area contributed by atoms with Gasteiger partial charge in [-0.15, -0.1) is 0 Å². The van der Waals surface area contributed by atoms with E-state index in [9.17, 15) is 4.79 Å². The number of esters is 1. The molecule has 0 N–H and O–H groups in total. The van der Waals surface area contributed by atoms with Gasteiger partial charge in [-0.1, -0.05) is 11.6 Å². The second-order valence-electron chi connectivity index (χ2n) is 4.18. The number of hydrogen-bond acceptors (Lipinski definition) is 4. The number of rotatable bonds is 3. The summed E-state index contributed by atoms with van der Waals surface area (Å²) < 4.78 is 6.97. The molecule has 0 bridgehead atoms. The van der Waals surface area contributed by atoms with Gasteiger partial charge in [0.2, 0.25) is 0 Å². The molecule has 104 valence electrons. The van der Waals surface area contributed by atoms with Crippen LogP contribution in [0.15, 0.2) is 61.1 Å². The standard InChI is InChI=1S/C15H10ClN3O2/c16-14-13(3-1-8-17-14)15(20)21-12-6-4-11(5-7-12)19-10-2-9-18-19/h1-10H. The van der Waals surface area contributed by atoms with Gasteiger partial charge in [-0.25, -0.2) is 14.5 Å². The minimum Gasteiger partial charge on any atom is -0.423 e. The Kier molecular flexibility index (Phi) is 3.66. The predicted molar refractivity (Wildman–Crippen MR) is 77.8 cm³/mol. The fourth-order valence-electron chi connectivity index (χ4n) is 1.79. The molecule has 0 unspecified atom stereocenters. The van der Waals surface area contributed by atoms with Gasteiger partial charge in [0, 0.05) is 18.6 Å². The zero-order valence-electron chi connectivity index (χ0n) is 10.8. The van der Waals surface area contributed by atoms with Crippen molar-refractivity contribution in [3.05, 3.63) is 71.8 Å². The topological polar surface area (TPSA) is 57.0 Å². The van der Waals surface area contributed by atoms with Crippen molar-refractivity contribution in [2.45, 2.75) is 0 Å². The lowest BCUT2D eigenvalue weighted by atomic mass is 10.3. The molecule has 0 fully saturated rings. The molecule has 0 aliphatic rings. The van der Waals surface area contributed by atoms with Crippen molar-refractivity contribution in [3.63, 3.8) is 0 Å². The fourth-order valence-corrected chi connectivity index (χ4v) is 1.99. The number of aromatic nitrogens is 3. The van der Waals surface area contributed by atoms with Crippen LogP contribution in [-0.4, -0.2) is 20.7 Å². The van der Waals surface area contributed by atoms with E-state index >= 15 is 0 Å². The Hall–Kier alpha value is -2.66. The van der Waals surface area contributed by atoms with Crippen molar-refractivity contribution in [1.29, 1.82) is 0 Å². The quantitative estimate of drug-likeness (QED) is 0.423. The largest absolute Gasteiger partial charge is 0.423 e. The molecule has 1 aromatic carbocycles. The molecular weight excluding hydrogens is 290 g/mol. The molecule has 0 amide bonds. The molecule has 0 aliphatic carbocycles. The lowest BCUT2D eigenvalue weighted by Crippen LogP contribution is -2.09. The van der Waals surface area contributed by atoms with Gasteiger partial charge in [0.25, 0.3) is 0 Å². The third-order valence-corrected chi connectivity index (χ3v) is 3.10. The van der Waals surface area contributed by atoms with E-state index in [4.69, 9.17) is 16.3 Å². The molecule has 2 heterocycles. The van der Waals surface area contributed by atoms with Crippen molar-refractivity contribution in [2.24, 2.45) is 0 Å². The third-order valence-electron chi connectivity index (χ3n) is 2.80. The first kappa shape index (κ1) is 13.3. The Morgan fingerprint density at radius 1 is 1.10 bits per heavy atom. The molecule has 0 aliphatic heterocycles. The maximum atomic E-state index is 12.0. The second kappa shape index (κ2) is 5.76. The highest BCUT2D eigenvalue weighted by molar-refractivity contribution is 6.32. The molecule has 0 spiro atoms. The van der Waals surface area contributed by atoms with Gasteiger partial charge in [-0.3, -0.25) is 0 Å². The van der Waals surface area contributed by atoms with Gasteiger partial charge in [0.1, 0.15) is 10.9 Å². The normalized spacial score (nSPS) is 10.3. The number of halogens is 1. The predicted octanol–water partition coefficient (Wildman–Crippen LogP) is 3.14. The Morgan fingerprint density at radius 2 is 1.90 bits per heavy atom. The Bertz CT molecular complexity index is 755. The minimum absolute atomic E-state index is 0.121. The molecule has 2 aromatic heterocycles. The molecule has 6 heteroatoms. The highest BCUT2D eigenvalue weighted by atomic mass is 35.5. The SMILES string of the molecule is O=C(Oc1ccc(-n2cccn2)cc1)c1cccnc1Cl. The molecule has 5 nitrogen and oxygen atoms in total. The van der Waals surface area contributed by atoms with E-state index in [1.165, 1.54) is 6.20 Å². The van der Waals surface area contributed by atoms with Crippen LogP contribution in [0.4, 0.5) is 0 Å². The van der Waals surface area contributed by atoms with E-state index in [-0.39, 0.29) is 10.7 Å².